The molecule has 4 rings (SSSR count). The average Bonchev–Trinajstić information content (AvgIpc) is 3.10. The van der Waals surface area contributed by atoms with Gasteiger partial charge in [-0.1, -0.05) is 24.3 Å². The second-order valence-electron chi connectivity index (χ2n) is 6.98. The standard InChI is InChI=1S/C19H20N4O3S2/c1-12-5-3-4-6-14(12)18-20-9-13(27-18)10-23-8-7-16-15(11-23)17(24)22-19(21-16)28(2,25)26/h3-6,9H,7-8,10-11H2,1-2H3,(H,21,22,24). The third kappa shape index (κ3) is 3.78. The van der Waals surface area contributed by atoms with Crippen molar-refractivity contribution in [1.29, 1.82) is 0 Å². The van der Waals surface area contributed by atoms with Crippen molar-refractivity contribution in [2.75, 3.05) is 12.8 Å². The number of sulfone groups is 1. The summed E-state index contributed by atoms with van der Waals surface area (Å²) in [6.45, 7) is 3.92. The van der Waals surface area contributed by atoms with Gasteiger partial charge < -0.3 is 0 Å². The molecule has 0 bridgehead atoms. The van der Waals surface area contributed by atoms with Crippen LogP contribution in [0.3, 0.4) is 0 Å². The maximum Gasteiger partial charge on any atom is 0.256 e. The quantitative estimate of drug-likeness (QED) is 0.655. The Hall–Kier alpha value is -2.36. The van der Waals surface area contributed by atoms with Gasteiger partial charge >= 0.3 is 0 Å². The number of fused-ring (bicyclic) bond motifs is 1. The average molecular weight is 417 g/mol. The van der Waals surface area contributed by atoms with Gasteiger partial charge in [-0.3, -0.25) is 14.7 Å². The fourth-order valence-electron chi connectivity index (χ4n) is 3.31. The van der Waals surface area contributed by atoms with Crippen molar-refractivity contribution < 1.29 is 8.42 Å². The van der Waals surface area contributed by atoms with Gasteiger partial charge in [-0.05, 0) is 12.5 Å². The molecule has 0 saturated carbocycles. The summed E-state index contributed by atoms with van der Waals surface area (Å²) in [6.07, 6.45) is 3.48. The number of nitrogens with zero attached hydrogens (tertiary/aromatic N) is 3. The predicted octanol–water partition coefficient (Wildman–Crippen LogP) is 2.16. The van der Waals surface area contributed by atoms with Crippen LogP contribution in [0.2, 0.25) is 0 Å². The van der Waals surface area contributed by atoms with E-state index in [4.69, 9.17) is 0 Å². The summed E-state index contributed by atoms with van der Waals surface area (Å²) in [5.74, 6) is 0. The Morgan fingerprint density at radius 2 is 2.07 bits per heavy atom. The van der Waals surface area contributed by atoms with E-state index >= 15 is 0 Å². The summed E-state index contributed by atoms with van der Waals surface area (Å²) in [7, 11) is -3.53. The van der Waals surface area contributed by atoms with E-state index in [0.717, 1.165) is 21.7 Å². The molecule has 9 heteroatoms. The molecule has 0 saturated heterocycles. The molecule has 0 fully saturated rings. The number of aromatic amines is 1. The lowest BCUT2D eigenvalue weighted by Gasteiger charge is -2.26. The lowest BCUT2D eigenvalue weighted by atomic mass is 10.1. The number of rotatable bonds is 4. The van der Waals surface area contributed by atoms with Gasteiger partial charge in [0.1, 0.15) is 5.01 Å². The maximum absolute atomic E-state index is 12.4. The van der Waals surface area contributed by atoms with Crippen LogP contribution in [0.5, 0.6) is 0 Å². The SMILES string of the molecule is Cc1ccccc1-c1ncc(CN2CCc3nc(S(C)(=O)=O)[nH]c(=O)c3C2)s1. The third-order valence-corrected chi connectivity index (χ3v) is 6.70. The zero-order chi connectivity index (χ0) is 19.9. The lowest BCUT2D eigenvalue weighted by Crippen LogP contribution is -2.36. The Kier molecular flexibility index (Phi) is 4.90. The molecule has 28 heavy (non-hydrogen) atoms. The summed E-state index contributed by atoms with van der Waals surface area (Å²) in [5.41, 5.74) is 3.07. The van der Waals surface area contributed by atoms with Crippen molar-refractivity contribution in [3.05, 3.63) is 62.5 Å². The minimum absolute atomic E-state index is 0.255. The van der Waals surface area contributed by atoms with Crippen LogP contribution >= 0.6 is 11.3 Å². The van der Waals surface area contributed by atoms with Crippen LogP contribution in [0.15, 0.2) is 40.4 Å². The van der Waals surface area contributed by atoms with Crippen molar-refractivity contribution in [1.82, 2.24) is 19.9 Å². The van der Waals surface area contributed by atoms with Crippen molar-refractivity contribution in [2.45, 2.75) is 31.6 Å². The first-order chi connectivity index (χ1) is 13.3. The van der Waals surface area contributed by atoms with Crippen LogP contribution < -0.4 is 5.56 Å². The van der Waals surface area contributed by atoms with Gasteiger partial charge in [-0.15, -0.1) is 11.3 Å². The predicted molar refractivity (Wildman–Crippen MR) is 108 cm³/mol. The van der Waals surface area contributed by atoms with E-state index < -0.39 is 9.84 Å². The van der Waals surface area contributed by atoms with E-state index in [-0.39, 0.29) is 10.7 Å². The molecule has 0 atom stereocenters. The van der Waals surface area contributed by atoms with Crippen molar-refractivity contribution in [3.8, 4) is 10.6 Å². The molecule has 0 radical (unpaired) electrons. The Morgan fingerprint density at radius 3 is 2.82 bits per heavy atom. The highest BCUT2D eigenvalue weighted by molar-refractivity contribution is 7.90. The fourth-order valence-corrected chi connectivity index (χ4v) is 4.91. The molecule has 2 aromatic heterocycles. The van der Waals surface area contributed by atoms with E-state index in [0.29, 0.717) is 37.3 Å². The largest absolute Gasteiger partial charge is 0.297 e. The molecule has 146 valence electrons. The number of hydrogen-bond donors (Lipinski definition) is 1. The molecule has 1 aliphatic heterocycles. The monoisotopic (exact) mass is 416 g/mol. The fraction of sp³-hybridized carbons (Fsp3) is 0.316. The Labute approximate surface area is 167 Å². The molecule has 0 unspecified atom stereocenters. The molecule has 3 aromatic rings. The van der Waals surface area contributed by atoms with Gasteiger partial charge in [-0.25, -0.2) is 18.4 Å². The molecule has 0 spiro atoms. The number of nitrogens with one attached hydrogen (secondary N) is 1. The number of aryl methyl sites for hydroxylation is 1. The molecule has 7 nitrogen and oxygen atoms in total. The van der Waals surface area contributed by atoms with E-state index in [1.54, 1.807) is 11.3 Å². The van der Waals surface area contributed by atoms with Crippen LogP contribution in [-0.2, 0) is 29.3 Å². The third-order valence-electron chi connectivity index (χ3n) is 4.79. The molecular formula is C19H20N4O3S2. The second-order valence-corrected chi connectivity index (χ2v) is 10.0. The van der Waals surface area contributed by atoms with E-state index in [2.05, 4.69) is 38.9 Å². The molecule has 0 aliphatic carbocycles. The highest BCUT2D eigenvalue weighted by atomic mass is 32.2. The van der Waals surface area contributed by atoms with E-state index in [9.17, 15) is 13.2 Å². The molecule has 1 aliphatic rings. The van der Waals surface area contributed by atoms with E-state index in [1.165, 1.54) is 5.56 Å². The molecule has 1 aromatic carbocycles. The van der Waals surface area contributed by atoms with Gasteiger partial charge in [0.25, 0.3) is 5.56 Å². The number of benzene rings is 1. The van der Waals surface area contributed by atoms with Gasteiger partial charge in [0.2, 0.25) is 15.0 Å². The van der Waals surface area contributed by atoms with Crippen LogP contribution in [0.1, 0.15) is 21.7 Å². The Balaban J connectivity index is 1.53. The zero-order valence-electron chi connectivity index (χ0n) is 15.6. The summed E-state index contributed by atoms with van der Waals surface area (Å²) >= 11 is 1.65. The molecule has 3 heterocycles. The number of hydrogen-bond acceptors (Lipinski definition) is 7. The van der Waals surface area contributed by atoms with Crippen LogP contribution in [0, 0.1) is 6.92 Å². The van der Waals surface area contributed by atoms with Crippen LogP contribution in [-0.4, -0.2) is 41.1 Å². The van der Waals surface area contributed by atoms with Crippen LogP contribution in [0.25, 0.3) is 10.6 Å². The first-order valence-electron chi connectivity index (χ1n) is 8.86. The summed E-state index contributed by atoms with van der Waals surface area (Å²) in [4.78, 5) is 26.8. The van der Waals surface area contributed by atoms with Gasteiger partial charge in [0.15, 0.2) is 0 Å². The van der Waals surface area contributed by atoms with Crippen molar-refractivity contribution >= 4 is 21.2 Å². The first kappa shape index (κ1) is 19.0. The summed E-state index contributed by atoms with van der Waals surface area (Å²) in [6, 6.07) is 8.16. The highest BCUT2D eigenvalue weighted by Crippen LogP contribution is 2.29. The highest BCUT2D eigenvalue weighted by Gasteiger charge is 2.24. The summed E-state index contributed by atoms with van der Waals surface area (Å²) in [5, 5.41) is 0.734. The van der Waals surface area contributed by atoms with Crippen LogP contribution in [0.4, 0.5) is 0 Å². The number of H-pyrrole nitrogens is 1. The molecule has 0 amide bonds. The molecular weight excluding hydrogens is 396 g/mol. The normalized spacial score (nSPS) is 14.8. The summed E-state index contributed by atoms with van der Waals surface area (Å²) < 4.78 is 23.3. The Bertz CT molecular complexity index is 1200. The van der Waals surface area contributed by atoms with Crippen molar-refractivity contribution in [3.63, 3.8) is 0 Å². The number of thiazole rings is 1. The van der Waals surface area contributed by atoms with Gasteiger partial charge in [0, 0.05) is 48.9 Å². The van der Waals surface area contributed by atoms with Gasteiger partial charge in [0.05, 0.1) is 11.3 Å². The minimum Gasteiger partial charge on any atom is -0.297 e. The van der Waals surface area contributed by atoms with Crippen molar-refractivity contribution in [2.24, 2.45) is 0 Å². The Morgan fingerprint density at radius 1 is 1.29 bits per heavy atom. The lowest BCUT2D eigenvalue weighted by molar-refractivity contribution is 0.243. The first-order valence-corrected chi connectivity index (χ1v) is 11.6. The second kappa shape index (κ2) is 7.23. The minimum atomic E-state index is -3.53. The maximum atomic E-state index is 12.4. The number of aromatic nitrogens is 3. The smallest absolute Gasteiger partial charge is 0.256 e. The van der Waals surface area contributed by atoms with Gasteiger partial charge in [-0.2, -0.15) is 0 Å². The topological polar surface area (TPSA) is 96.0 Å². The van der Waals surface area contributed by atoms with E-state index in [1.807, 2.05) is 18.3 Å². The zero-order valence-corrected chi connectivity index (χ0v) is 17.2. The molecule has 1 N–H and O–H groups in total.